The zero-order valence-corrected chi connectivity index (χ0v) is 7.92. The first-order valence-electron chi connectivity index (χ1n) is 4.35. The minimum atomic E-state index is -4.20. The van der Waals surface area contributed by atoms with Crippen LogP contribution >= 0.6 is 0 Å². The van der Waals surface area contributed by atoms with E-state index in [2.05, 4.69) is 4.98 Å². The molecule has 1 aromatic heterocycles. The van der Waals surface area contributed by atoms with E-state index < -0.39 is 19.2 Å². The Labute approximate surface area is 85.1 Å². The van der Waals surface area contributed by atoms with Crippen LogP contribution < -0.4 is 10.5 Å². The van der Waals surface area contributed by atoms with Gasteiger partial charge in [-0.2, -0.15) is 13.2 Å². The molecule has 0 unspecified atom stereocenters. The van der Waals surface area contributed by atoms with Gasteiger partial charge >= 0.3 is 6.18 Å². The lowest BCUT2D eigenvalue weighted by Gasteiger charge is -2.10. The van der Waals surface area contributed by atoms with E-state index in [0.29, 0.717) is 11.3 Å². The highest BCUT2D eigenvalue weighted by Crippen LogP contribution is 2.21. The van der Waals surface area contributed by atoms with Crippen molar-refractivity contribution >= 4 is 0 Å². The Hall–Kier alpha value is -1.30. The van der Waals surface area contributed by atoms with Gasteiger partial charge in [0.2, 0.25) is 0 Å². The molecular weight excluding hydrogens is 209 g/mol. The summed E-state index contributed by atoms with van der Waals surface area (Å²) in [5.74, 6) is 0.309. The van der Waals surface area contributed by atoms with Crippen LogP contribution in [0, 0.1) is 0 Å². The van der Waals surface area contributed by atoms with Gasteiger partial charge in [0, 0.05) is 18.3 Å². The predicted octanol–water partition coefficient (Wildman–Crippen LogP) is 1.87. The van der Waals surface area contributed by atoms with E-state index in [9.17, 15) is 13.2 Å². The Kier molecular flexibility index (Phi) is 3.90. The molecule has 0 aliphatic carbocycles. The fraction of sp³-hybridized carbons (Fsp3) is 0.444. The summed E-state index contributed by atoms with van der Waals surface area (Å²) in [6.07, 6.45) is -2.31. The topological polar surface area (TPSA) is 48.1 Å². The molecule has 1 rings (SSSR count). The highest BCUT2D eigenvalue weighted by molar-refractivity contribution is 5.29. The van der Waals surface area contributed by atoms with Gasteiger partial charge in [0.05, 0.1) is 19.2 Å². The van der Waals surface area contributed by atoms with Gasteiger partial charge in [-0.15, -0.1) is 0 Å². The fourth-order valence-corrected chi connectivity index (χ4v) is 0.984. The number of pyridine rings is 1. The van der Waals surface area contributed by atoms with Gasteiger partial charge in [0.15, 0.2) is 0 Å². The first-order valence-corrected chi connectivity index (χ1v) is 4.35. The smallest absolute Gasteiger partial charge is 0.392 e. The zero-order chi connectivity index (χ0) is 11.3. The van der Waals surface area contributed by atoms with Gasteiger partial charge in [-0.25, -0.2) is 0 Å². The Morgan fingerprint density at radius 3 is 2.73 bits per heavy atom. The van der Waals surface area contributed by atoms with Crippen LogP contribution in [0.5, 0.6) is 5.75 Å². The van der Waals surface area contributed by atoms with E-state index in [1.807, 2.05) is 0 Å². The molecule has 0 aliphatic heterocycles. The van der Waals surface area contributed by atoms with E-state index in [1.165, 1.54) is 12.4 Å². The summed E-state index contributed by atoms with van der Waals surface area (Å²) in [7, 11) is 0. The van der Waals surface area contributed by atoms with Gasteiger partial charge in [-0.3, -0.25) is 4.98 Å². The molecule has 6 heteroatoms. The maximum atomic E-state index is 11.8. The van der Waals surface area contributed by atoms with Crippen molar-refractivity contribution in [1.82, 2.24) is 4.98 Å². The van der Waals surface area contributed by atoms with Crippen LogP contribution in [0.25, 0.3) is 0 Å². The first kappa shape index (κ1) is 11.8. The molecule has 3 nitrogen and oxygen atoms in total. The van der Waals surface area contributed by atoms with E-state index in [0.717, 1.165) is 0 Å². The maximum absolute atomic E-state index is 11.8. The van der Waals surface area contributed by atoms with Crippen molar-refractivity contribution in [2.75, 3.05) is 6.61 Å². The number of halogens is 3. The van der Waals surface area contributed by atoms with E-state index in [4.69, 9.17) is 10.5 Å². The van der Waals surface area contributed by atoms with Gasteiger partial charge in [-0.05, 0) is 6.07 Å². The van der Waals surface area contributed by atoms with Crippen LogP contribution in [0.3, 0.4) is 0 Å². The Morgan fingerprint density at radius 2 is 2.13 bits per heavy atom. The third-order valence-corrected chi connectivity index (χ3v) is 1.73. The average Bonchev–Trinajstić information content (AvgIpc) is 2.16. The Bertz CT molecular complexity index is 314. The highest BCUT2D eigenvalue weighted by Gasteiger charge is 2.26. The maximum Gasteiger partial charge on any atom is 0.392 e. The fourth-order valence-electron chi connectivity index (χ4n) is 0.984. The molecule has 84 valence electrons. The molecule has 15 heavy (non-hydrogen) atoms. The van der Waals surface area contributed by atoms with Crippen molar-refractivity contribution in [2.24, 2.45) is 5.73 Å². The average molecular weight is 220 g/mol. The summed E-state index contributed by atoms with van der Waals surface area (Å²) in [5.41, 5.74) is 6.02. The number of nitrogens with two attached hydrogens (primary N) is 1. The van der Waals surface area contributed by atoms with Crippen LogP contribution in [-0.4, -0.2) is 17.8 Å². The van der Waals surface area contributed by atoms with E-state index in [-0.39, 0.29) is 6.54 Å². The quantitative estimate of drug-likeness (QED) is 0.842. The minimum absolute atomic E-state index is 0.212. The molecule has 0 fully saturated rings. The van der Waals surface area contributed by atoms with Crippen LogP contribution in [-0.2, 0) is 6.54 Å². The van der Waals surface area contributed by atoms with Crippen molar-refractivity contribution in [3.05, 3.63) is 24.0 Å². The molecule has 0 bridgehead atoms. The van der Waals surface area contributed by atoms with E-state index >= 15 is 0 Å². The summed E-state index contributed by atoms with van der Waals surface area (Å²) in [4.78, 5) is 3.75. The number of aromatic nitrogens is 1. The third kappa shape index (κ3) is 4.16. The lowest BCUT2D eigenvalue weighted by molar-refractivity contribution is -0.139. The minimum Gasteiger partial charge on any atom is -0.491 e. The zero-order valence-electron chi connectivity index (χ0n) is 7.92. The van der Waals surface area contributed by atoms with E-state index in [1.54, 1.807) is 6.07 Å². The summed E-state index contributed by atoms with van der Waals surface area (Å²) in [6, 6.07) is 1.61. The first-order chi connectivity index (χ1) is 7.03. The molecule has 0 spiro atoms. The second kappa shape index (κ2) is 4.97. The standard InChI is InChI=1S/C9H11F3N2O/c10-9(11,12)2-4-15-8-6-14-3-1-7(8)5-13/h1,3,6H,2,4-5,13H2. The lowest BCUT2D eigenvalue weighted by atomic mass is 10.2. The summed E-state index contributed by atoms with van der Waals surface area (Å²) in [6.45, 7) is -0.202. The van der Waals surface area contributed by atoms with Gasteiger partial charge in [0.25, 0.3) is 0 Å². The highest BCUT2D eigenvalue weighted by atomic mass is 19.4. The van der Waals surface area contributed by atoms with Crippen molar-refractivity contribution in [3.63, 3.8) is 0 Å². The molecule has 0 atom stereocenters. The summed E-state index contributed by atoms with van der Waals surface area (Å²) < 4.78 is 40.4. The summed E-state index contributed by atoms with van der Waals surface area (Å²) >= 11 is 0. The molecule has 1 aromatic rings. The Morgan fingerprint density at radius 1 is 1.40 bits per heavy atom. The number of ether oxygens (including phenoxy) is 1. The van der Waals surface area contributed by atoms with Gasteiger partial charge < -0.3 is 10.5 Å². The van der Waals surface area contributed by atoms with Crippen molar-refractivity contribution in [3.8, 4) is 5.75 Å². The van der Waals surface area contributed by atoms with Crippen LogP contribution in [0.15, 0.2) is 18.5 Å². The molecule has 0 aliphatic rings. The third-order valence-electron chi connectivity index (χ3n) is 1.73. The summed E-state index contributed by atoms with van der Waals surface area (Å²) in [5, 5.41) is 0. The second-order valence-electron chi connectivity index (χ2n) is 2.90. The molecule has 0 radical (unpaired) electrons. The predicted molar refractivity (Wildman–Crippen MR) is 48.3 cm³/mol. The largest absolute Gasteiger partial charge is 0.491 e. The number of hydrogen-bond donors (Lipinski definition) is 1. The van der Waals surface area contributed by atoms with Crippen LogP contribution in [0.2, 0.25) is 0 Å². The molecule has 0 aromatic carbocycles. The Balaban J connectivity index is 2.50. The molecule has 0 amide bonds. The van der Waals surface area contributed by atoms with Crippen molar-refractivity contribution in [2.45, 2.75) is 19.1 Å². The monoisotopic (exact) mass is 220 g/mol. The lowest BCUT2D eigenvalue weighted by Crippen LogP contribution is -2.14. The van der Waals surface area contributed by atoms with Crippen LogP contribution in [0.1, 0.15) is 12.0 Å². The van der Waals surface area contributed by atoms with Gasteiger partial charge in [-0.1, -0.05) is 0 Å². The number of alkyl halides is 3. The SMILES string of the molecule is NCc1ccncc1OCCC(F)(F)F. The molecular formula is C9H11F3N2O. The van der Waals surface area contributed by atoms with Gasteiger partial charge in [0.1, 0.15) is 5.75 Å². The normalized spacial score (nSPS) is 11.5. The number of nitrogens with zero attached hydrogens (tertiary/aromatic N) is 1. The van der Waals surface area contributed by atoms with Crippen molar-refractivity contribution < 1.29 is 17.9 Å². The number of rotatable bonds is 4. The van der Waals surface area contributed by atoms with Crippen LogP contribution in [0.4, 0.5) is 13.2 Å². The molecule has 0 saturated heterocycles. The second-order valence-corrected chi connectivity index (χ2v) is 2.90. The molecule has 1 heterocycles. The molecule has 0 saturated carbocycles. The van der Waals surface area contributed by atoms with Crippen molar-refractivity contribution in [1.29, 1.82) is 0 Å². The molecule has 2 N–H and O–H groups in total. The number of hydrogen-bond acceptors (Lipinski definition) is 3.